The smallest absolute Gasteiger partial charge is 0.246 e. The minimum absolute atomic E-state index is 0.0359. The van der Waals surface area contributed by atoms with Gasteiger partial charge in [0.25, 0.3) is 0 Å². The molecular weight excluding hydrogens is 166 g/mol. The molecule has 76 valence electrons. The minimum Gasteiger partial charge on any atom is -0.394 e. The lowest BCUT2D eigenvalue weighted by atomic mass is 10.1. The largest absolute Gasteiger partial charge is 0.394 e. The summed E-state index contributed by atoms with van der Waals surface area (Å²) in [6, 6.07) is 0. The molecule has 0 aromatic carbocycles. The van der Waals surface area contributed by atoms with Gasteiger partial charge >= 0.3 is 0 Å². The van der Waals surface area contributed by atoms with Gasteiger partial charge in [0.1, 0.15) is 0 Å². The van der Waals surface area contributed by atoms with Crippen LogP contribution < -0.4 is 0 Å². The van der Waals surface area contributed by atoms with Crippen LogP contribution in [-0.2, 0) is 4.79 Å². The van der Waals surface area contributed by atoms with Crippen LogP contribution in [0, 0.1) is 0 Å². The highest BCUT2D eigenvalue weighted by Crippen LogP contribution is 2.11. The normalized spacial score (nSPS) is 10.9. The number of hydrogen-bond acceptors (Lipinski definition) is 2. The van der Waals surface area contributed by atoms with Gasteiger partial charge in [-0.05, 0) is 27.7 Å². The average Bonchev–Trinajstić information content (AvgIpc) is 2.01. The van der Waals surface area contributed by atoms with E-state index in [1.807, 2.05) is 27.7 Å². The molecule has 0 aliphatic carbocycles. The number of nitrogens with zero attached hydrogens (tertiary/aromatic N) is 1. The zero-order valence-electron chi connectivity index (χ0n) is 9.09. The first-order valence-electron chi connectivity index (χ1n) is 4.35. The molecule has 0 aliphatic rings. The molecular formula is C10H19NO2. The van der Waals surface area contributed by atoms with Gasteiger partial charge in [-0.25, -0.2) is 0 Å². The maximum absolute atomic E-state index is 11.5. The Bertz CT molecular complexity index is 215. The molecule has 0 saturated carbocycles. The number of carbonyl (C=O) groups excluding carboxylic acids is 1. The predicted octanol–water partition coefficient (Wildman–Crippen LogP) is 1.18. The van der Waals surface area contributed by atoms with E-state index in [0.717, 1.165) is 5.57 Å². The second-order valence-corrected chi connectivity index (χ2v) is 4.09. The van der Waals surface area contributed by atoms with Crippen LogP contribution in [0.25, 0.3) is 0 Å². The molecule has 0 aromatic rings. The molecule has 0 unspecified atom stereocenters. The van der Waals surface area contributed by atoms with E-state index in [4.69, 9.17) is 5.11 Å². The van der Waals surface area contributed by atoms with Crippen LogP contribution in [0.15, 0.2) is 11.6 Å². The summed E-state index contributed by atoms with van der Waals surface area (Å²) in [5.74, 6) is -0.0703. The summed E-state index contributed by atoms with van der Waals surface area (Å²) in [6.07, 6.45) is 1.57. The number of amides is 1. The van der Waals surface area contributed by atoms with Gasteiger partial charge in [0.05, 0.1) is 12.1 Å². The first-order chi connectivity index (χ1) is 5.81. The van der Waals surface area contributed by atoms with Gasteiger partial charge in [0.15, 0.2) is 0 Å². The number of rotatable bonds is 3. The van der Waals surface area contributed by atoms with Gasteiger partial charge < -0.3 is 10.0 Å². The molecule has 0 spiro atoms. The Morgan fingerprint density at radius 2 is 1.92 bits per heavy atom. The number of carbonyl (C=O) groups is 1. The third-order valence-electron chi connectivity index (χ3n) is 2.04. The predicted molar refractivity (Wildman–Crippen MR) is 53.4 cm³/mol. The van der Waals surface area contributed by atoms with Crippen molar-refractivity contribution in [1.82, 2.24) is 4.90 Å². The van der Waals surface area contributed by atoms with E-state index in [9.17, 15) is 4.79 Å². The maximum Gasteiger partial charge on any atom is 0.246 e. The molecule has 3 heteroatoms. The van der Waals surface area contributed by atoms with Gasteiger partial charge in [0, 0.05) is 13.1 Å². The summed E-state index contributed by atoms with van der Waals surface area (Å²) < 4.78 is 0. The lowest BCUT2D eigenvalue weighted by Gasteiger charge is -2.33. The maximum atomic E-state index is 11.5. The number of aliphatic hydroxyl groups excluding tert-OH is 1. The third kappa shape index (κ3) is 3.59. The average molecular weight is 185 g/mol. The Kier molecular flexibility index (Phi) is 4.14. The van der Waals surface area contributed by atoms with E-state index < -0.39 is 5.54 Å². The molecule has 0 bridgehead atoms. The van der Waals surface area contributed by atoms with Crippen molar-refractivity contribution in [3.05, 3.63) is 11.6 Å². The highest BCUT2D eigenvalue weighted by molar-refractivity contribution is 5.88. The molecule has 1 N–H and O–H groups in total. The van der Waals surface area contributed by atoms with Crippen molar-refractivity contribution in [3.8, 4) is 0 Å². The lowest BCUT2D eigenvalue weighted by molar-refractivity contribution is -0.130. The van der Waals surface area contributed by atoms with Crippen LogP contribution in [0.2, 0.25) is 0 Å². The molecule has 0 heterocycles. The fraction of sp³-hybridized carbons (Fsp3) is 0.700. The van der Waals surface area contributed by atoms with Crippen LogP contribution in [0.5, 0.6) is 0 Å². The molecule has 0 aromatic heterocycles. The molecule has 0 saturated heterocycles. The molecule has 0 fully saturated rings. The Hall–Kier alpha value is -0.830. The Labute approximate surface area is 80.0 Å². The number of aliphatic hydroxyl groups is 1. The second-order valence-electron chi connectivity index (χ2n) is 4.09. The van der Waals surface area contributed by atoms with Crippen LogP contribution in [-0.4, -0.2) is 35.1 Å². The topological polar surface area (TPSA) is 40.5 Å². The Balaban J connectivity index is 4.52. The zero-order chi connectivity index (χ0) is 10.6. The molecule has 1 amide bonds. The van der Waals surface area contributed by atoms with Crippen molar-refractivity contribution in [3.63, 3.8) is 0 Å². The molecule has 3 nitrogen and oxygen atoms in total. The number of hydrogen-bond donors (Lipinski definition) is 1. The van der Waals surface area contributed by atoms with Crippen molar-refractivity contribution in [2.24, 2.45) is 0 Å². The van der Waals surface area contributed by atoms with Crippen molar-refractivity contribution >= 4 is 5.91 Å². The van der Waals surface area contributed by atoms with Crippen molar-refractivity contribution in [1.29, 1.82) is 0 Å². The lowest BCUT2D eigenvalue weighted by Crippen LogP contribution is -2.47. The van der Waals surface area contributed by atoms with Crippen molar-refractivity contribution in [2.75, 3.05) is 13.7 Å². The molecule has 0 aliphatic heterocycles. The first kappa shape index (κ1) is 12.2. The quantitative estimate of drug-likeness (QED) is 0.671. The summed E-state index contributed by atoms with van der Waals surface area (Å²) in [4.78, 5) is 13.0. The summed E-state index contributed by atoms with van der Waals surface area (Å²) in [6.45, 7) is 7.36. The molecule has 13 heavy (non-hydrogen) atoms. The summed E-state index contributed by atoms with van der Waals surface area (Å²) in [5, 5.41) is 9.03. The molecule has 0 rings (SSSR count). The van der Waals surface area contributed by atoms with Crippen LogP contribution >= 0.6 is 0 Å². The zero-order valence-corrected chi connectivity index (χ0v) is 9.09. The van der Waals surface area contributed by atoms with Gasteiger partial charge in [0.2, 0.25) is 5.91 Å². The van der Waals surface area contributed by atoms with Gasteiger partial charge in [-0.2, -0.15) is 0 Å². The van der Waals surface area contributed by atoms with Crippen LogP contribution in [0.3, 0.4) is 0 Å². The minimum atomic E-state index is -0.497. The molecule has 0 atom stereocenters. The highest BCUT2D eigenvalue weighted by Gasteiger charge is 2.25. The summed E-state index contributed by atoms with van der Waals surface area (Å²) >= 11 is 0. The van der Waals surface area contributed by atoms with E-state index in [-0.39, 0.29) is 12.5 Å². The van der Waals surface area contributed by atoms with Crippen LogP contribution in [0.1, 0.15) is 27.7 Å². The van der Waals surface area contributed by atoms with Gasteiger partial charge in [-0.15, -0.1) is 0 Å². The fourth-order valence-electron chi connectivity index (χ4n) is 0.748. The summed E-state index contributed by atoms with van der Waals surface area (Å²) in [7, 11) is 1.69. The van der Waals surface area contributed by atoms with Crippen molar-refractivity contribution in [2.45, 2.75) is 33.2 Å². The van der Waals surface area contributed by atoms with E-state index in [1.165, 1.54) is 0 Å². The standard InChI is InChI=1S/C10H19NO2/c1-8(2)6-9(13)11(5)10(3,4)7-12/h6,12H,7H2,1-5H3. The van der Waals surface area contributed by atoms with Crippen LogP contribution in [0.4, 0.5) is 0 Å². The van der Waals surface area contributed by atoms with E-state index in [2.05, 4.69) is 0 Å². The van der Waals surface area contributed by atoms with Crippen molar-refractivity contribution < 1.29 is 9.90 Å². The van der Waals surface area contributed by atoms with E-state index >= 15 is 0 Å². The first-order valence-corrected chi connectivity index (χ1v) is 4.35. The van der Waals surface area contributed by atoms with E-state index in [0.29, 0.717) is 0 Å². The Morgan fingerprint density at radius 1 is 1.46 bits per heavy atom. The SMILES string of the molecule is CC(C)=CC(=O)N(C)C(C)(C)CO. The summed E-state index contributed by atoms with van der Waals surface area (Å²) in [5.41, 5.74) is 0.467. The van der Waals surface area contributed by atoms with E-state index in [1.54, 1.807) is 18.0 Å². The third-order valence-corrected chi connectivity index (χ3v) is 2.04. The Morgan fingerprint density at radius 3 is 2.23 bits per heavy atom. The second kappa shape index (κ2) is 4.42. The fourth-order valence-corrected chi connectivity index (χ4v) is 0.748. The monoisotopic (exact) mass is 185 g/mol. The number of likely N-dealkylation sites (N-methyl/N-ethyl adjacent to an activating group) is 1. The molecule has 0 radical (unpaired) electrons. The van der Waals surface area contributed by atoms with Gasteiger partial charge in [-0.3, -0.25) is 4.79 Å². The number of allylic oxidation sites excluding steroid dienone is 1. The van der Waals surface area contributed by atoms with Gasteiger partial charge in [-0.1, -0.05) is 5.57 Å². The highest BCUT2D eigenvalue weighted by atomic mass is 16.3.